The van der Waals surface area contributed by atoms with Crippen molar-refractivity contribution < 1.29 is 5.11 Å². The Morgan fingerprint density at radius 2 is 2.17 bits per heavy atom. The number of aromatic nitrogens is 1. The molecule has 5 nitrogen and oxygen atoms in total. The van der Waals surface area contributed by atoms with Crippen LogP contribution in [0.3, 0.4) is 0 Å². The Bertz CT molecular complexity index is 498. The van der Waals surface area contributed by atoms with Crippen molar-refractivity contribution in [3.63, 3.8) is 0 Å². The second-order valence-electron chi connectivity index (χ2n) is 6.02. The van der Waals surface area contributed by atoms with Gasteiger partial charge in [-0.25, -0.2) is 0 Å². The summed E-state index contributed by atoms with van der Waals surface area (Å²) in [6.07, 6.45) is 2.79. The molecule has 7 heteroatoms. The summed E-state index contributed by atoms with van der Waals surface area (Å²) in [5.41, 5.74) is 0.851. The van der Waals surface area contributed by atoms with Crippen molar-refractivity contribution in [2.24, 2.45) is 4.99 Å². The number of rotatable bonds is 4. The lowest BCUT2D eigenvalue weighted by atomic mass is 10.1. The maximum Gasteiger partial charge on any atom is 0.194 e. The van der Waals surface area contributed by atoms with Crippen LogP contribution in [0.2, 0.25) is 0 Å². The van der Waals surface area contributed by atoms with Gasteiger partial charge in [-0.2, -0.15) is 11.8 Å². The molecule has 0 bridgehead atoms. The van der Waals surface area contributed by atoms with Gasteiger partial charge in [-0.15, -0.1) is 24.0 Å². The zero-order valence-electron chi connectivity index (χ0n) is 14.0. The van der Waals surface area contributed by atoms with Crippen molar-refractivity contribution in [3.05, 3.63) is 30.1 Å². The van der Waals surface area contributed by atoms with Crippen molar-refractivity contribution >= 4 is 41.7 Å². The van der Waals surface area contributed by atoms with Gasteiger partial charge in [0.15, 0.2) is 5.96 Å². The number of thioether (sulfide) groups is 1. The quantitative estimate of drug-likeness (QED) is 0.420. The Balaban J connectivity index is 0.00000264. The lowest BCUT2D eigenvalue weighted by Gasteiger charge is -2.39. The highest BCUT2D eigenvalue weighted by molar-refractivity contribution is 14.0. The molecule has 1 aromatic rings. The molecular formula is C16H27IN4OS. The molecule has 1 unspecified atom stereocenters. The highest BCUT2D eigenvalue weighted by Gasteiger charge is 2.28. The van der Waals surface area contributed by atoms with E-state index in [4.69, 9.17) is 0 Å². The van der Waals surface area contributed by atoms with Gasteiger partial charge < -0.3 is 15.3 Å². The van der Waals surface area contributed by atoms with Gasteiger partial charge in [0.2, 0.25) is 0 Å². The van der Waals surface area contributed by atoms with Gasteiger partial charge >= 0.3 is 0 Å². The molecule has 0 amide bonds. The van der Waals surface area contributed by atoms with E-state index in [1.807, 2.05) is 23.9 Å². The summed E-state index contributed by atoms with van der Waals surface area (Å²) in [7, 11) is 0. The van der Waals surface area contributed by atoms with Crippen LogP contribution in [0.4, 0.5) is 0 Å². The molecule has 1 atom stereocenters. The smallest absolute Gasteiger partial charge is 0.194 e. The average molecular weight is 450 g/mol. The first kappa shape index (κ1) is 20.5. The zero-order valence-corrected chi connectivity index (χ0v) is 17.2. The summed E-state index contributed by atoms with van der Waals surface area (Å²) in [5, 5.41) is 13.6. The molecule has 23 heavy (non-hydrogen) atoms. The van der Waals surface area contributed by atoms with E-state index in [1.165, 1.54) is 0 Å². The van der Waals surface area contributed by atoms with E-state index in [2.05, 4.69) is 41.0 Å². The Kier molecular flexibility index (Phi) is 8.63. The fourth-order valence-electron chi connectivity index (χ4n) is 2.49. The Hall–Kier alpha value is -0.540. The molecule has 2 N–H and O–H groups in total. The summed E-state index contributed by atoms with van der Waals surface area (Å²) < 4.78 is 0.234. The highest BCUT2D eigenvalue weighted by atomic mass is 127. The molecule has 1 saturated heterocycles. The fraction of sp³-hybridized carbons (Fsp3) is 0.625. The number of nitrogens with one attached hydrogen (secondary N) is 1. The molecular weight excluding hydrogens is 423 g/mol. The van der Waals surface area contributed by atoms with Crippen LogP contribution in [0, 0.1) is 0 Å². The van der Waals surface area contributed by atoms with E-state index in [0.29, 0.717) is 6.54 Å². The van der Waals surface area contributed by atoms with Crippen LogP contribution in [0.25, 0.3) is 0 Å². The van der Waals surface area contributed by atoms with Crippen LogP contribution in [0.1, 0.15) is 32.4 Å². The molecule has 2 rings (SSSR count). The summed E-state index contributed by atoms with van der Waals surface area (Å²) >= 11 is 2.00. The molecule has 1 aliphatic heterocycles. The molecule has 1 fully saturated rings. The number of hydrogen-bond acceptors (Lipinski definition) is 4. The van der Waals surface area contributed by atoms with Crippen LogP contribution in [-0.4, -0.2) is 57.6 Å². The average Bonchev–Trinajstić information content (AvgIpc) is 2.51. The van der Waals surface area contributed by atoms with Gasteiger partial charge in [0.25, 0.3) is 0 Å². The van der Waals surface area contributed by atoms with Crippen molar-refractivity contribution in [1.82, 2.24) is 15.2 Å². The molecule has 0 aromatic carbocycles. The topological polar surface area (TPSA) is 60.8 Å². The van der Waals surface area contributed by atoms with Crippen molar-refractivity contribution in [2.75, 3.05) is 31.9 Å². The summed E-state index contributed by atoms with van der Waals surface area (Å²) in [6, 6.07) is 3.65. The molecule has 0 aliphatic carbocycles. The number of guanidine groups is 1. The maximum atomic E-state index is 10.3. The first-order chi connectivity index (χ1) is 10.5. The largest absolute Gasteiger partial charge is 0.386 e. The maximum absolute atomic E-state index is 10.3. The number of aliphatic hydroxyl groups excluding tert-OH is 1. The first-order valence-electron chi connectivity index (χ1n) is 7.77. The minimum atomic E-state index is -0.594. The SMILES string of the molecule is CCNC(=NCC(O)c1ccncc1)N1CCSC(C)(C)C1.I. The van der Waals surface area contributed by atoms with Crippen molar-refractivity contribution in [3.8, 4) is 0 Å². The van der Waals surface area contributed by atoms with Crippen LogP contribution >= 0.6 is 35.7 Å². The molecule has 1 aliphatic rings. The molecule has 1 aromatic heterocycles. The third kappa shape index (κ3) is 6.46. The predicted octanol–water partition coefficient (Wildman–Crippen LogP) is 2.53. The van der Waals surface area contributed by atoms with Gasteiger partial charge in [0.05, 0.1) is 12.6 Å². The number of aliphatic hydroxyl groups is 1. The summed E-state index contributed by atoms with van der Waals surface area (Å²) in [5.74, 6) is 1.99. The molecule has 0 radical (unpaired) electrons. The van der Waals surface area contributed by atoms with Crippen molar-refractivity contribution in [2.45, 2.75) is 31.6 Å². The number of halogens is 1. The van der Waals surface area contributed by atoms with Gasteiger partial charge in [-0.1, -0.05) is 0 Å². The number of nitrogens with zero attached hydrogens (tertiary/aromatic N) is 3. The van der Waals surface area contributed by atoms with Crippen LogP contribution in [0.15, 0.2) is 29.5 Å². The Morgan fingerprint density at radius 3 is 2.78 bits per heavy atom. The van der Waals surface area contributed by atoms with Crippen LogP contribution in [-0.2, 0) is 0 Å². The Labute approximate surface area is 160 Å². The summed E-state index contributed by atoms with van der Waals surface area (Å²) in [4.78, 5) is 10.9. The monoisotopic (exact) mass is 450 g/mol. The molecule has 0 spiro atoms. The number of aliphatic imine (C=N–C) groups is 1. The van der Waals surface area contributed by atoms with E-state index < -0.39 is 6.10 Å². The number of pyridine rings is 1. The van der Waals surface area contributed by atoms with Gasteiger partial charge in [-0.05, 0) is 38.5 Å². The third-order valence-electron chi connectivity index (χ3n) is 3.56. The van der Waals surface area contributed by atoms with Gasteiger partial charge in [-0.3, -0.25) is 9.98 Å². The molecule has 2 heterocycles. The third-order valence-corrected chi connectivity index (χ3v) is 4.86. The zero-order chi connectivity index (χ0) is 16.0. The minimum Gasteiger partial charge on any atom is -0.386 e. The lowest BCUT2D eigenvalue weighted by Crippen LogP contribution is -2.51. The first-order valence-corrected chi connectivity index (χ1v) is 8.75. The van der Waals surface area contributed by atoms with E-state index in [9.17, 15) is 5.11 Å². The fourth-order valence-corrected chi connectivity index (χ4v) is 3.60. The predicted molar refractivity (Wildman–Crippen MR) is 109 cm³/mol. The highest BCUT2D eigenvalue weighted by Crippen LogP contribution is 2.29. The normalized spacial score (nSPS) is 19.0. The second-order valence-corrected chi connectivity index (χ2v) is 7.82. The van der Waals surface area contributed by atoms with Crippen LogP contribution in [0.5, 0.6) is 0 Å². The van der Waals surface area contributed by atoms with E-state index in [0.717, 1.165) is 36.9 Å². The standard InChI is InChI=1S/C16H26N4OS.HI/c1-4-18-15(20-9-10-22-16(2,3)12-20)19-11-14(21)13-5-7-17-8-6-13;/h5-8,14,21H,4,9-12H2,1-3H3,(H,18,19);1H. The van der Waals surface area contributed by atoms with Crippen LogP contribution < -0.4 is 5.32 Å². The minimum absolute atomic E-state index is 0. The Morgan fingerprint density at radius 1 is 1.48 bits per heavy atom. The van der Waals surface area contributed by atoms with Gasteiger partial charge in [0, 0.05) is 42.5 Å². The molecule has 130 valence electrons. The van der Waals surface area contributed by atoms with E-state index >= 15 is 0 Å². The molecule has 0 saturated carbocycles. The lowest BCUT2D eigenvalue weighted by molar-refractivity contribution is 0.186. The van der Waals surface area contributed by atoms with E-state index in [1.54, 1.807) is 12.4 Å². The van der Waals surface area contributed by atoms with Gasteiger partial charge in [0.1, 0.15) is 0 Å². The summed E-state index contributed by atoms with van der Waals surface area (Å²) in [6.45, 7) is 9.74. The number of hydrogen-bond donors (Lipinski definition) is 2. The van der Waals surface area contributed by atoms with Crippen molar-refractivity contribution in [1.29, 1.82) is 0 Å². The van der Waals surface area contributed by atoms with E-state index in [-0.39, 0.29) is 28.7 Å². The second kappa shape index (κ2) is 9.68.